The lowest BCUT2D eigenvalue weighted by Gasteiger charge is -2.37. The van der Waals surface area contributed by atoms with Crippen molar-refractivity contribution in [2.24, 2.45) is 5.92 Å². The molecule has 1 N–H and O–H groups in total. The van der Waals surface area contributed by atoms with E-state index in [4.69, 9.17) is 4.74 Å². The Morgan fingerprint density at radius 3 is 3.12 bits per heavy atom. The van der Waals surface area contributed by atoms with E-state index in [-0.39, 0.29) is 5.60 Å². The van der Waals surface area contributed by atoms with Gasteiger partial charge in [0.2, 0.25) is 0 Å². The zero-order valence-electron chi connectivity index (χ0n) is 11.2. The Morgan fingerprint density at radius 2 is 2.35 bits per heavy atom. The van der Waals surface area contributed by atoms with Gasteiger partial charge in [-0.25, -0.2) is 0 Å². The predicted octanol–water partition coefficient (Wildman–Crippen LogP) is 3.07. The molecule has 0 aromatic carbocycles. The lowest BCUT2D eigenvalue weighted by Crippen LogP contribution is -2.40. The maximum atomic E-state index is 6.07. The van der Waals surface area contributed by atoms with Crippen molar-refractivity contribution in [2.75, 3.05) is 31.2 Å². The molecule has 100 valence electrons. The average Bonchev–Trinajstić information content (AvgIpc) is 2.77. The predicted molar refractivity (Wildman–Crippen MR) is 75.7 cm³/mol. The van der Waals surface area contributed by atoms with Crippen molar-refractivity contribution in [1.82, 2.24) is 5.32 Å². The molecule has 2 aliphatic heterocycles. The molecule has 0 saturated carbocycles. The molecule has 17 heavy (non-hydrogen) atoms. The summed E-state index contributed by atoms with van der Waals surface area (Å²) in [5.74, 6) is 3.48. The summed E-state index contributed by atoms with van der Waals surface area (Å²) in [5.41, 5.74) is 0.282. The summed E-state index contributed by atoms with van der Waals surface area (Å²) in [6, 6.07) is 0. The second-order valence-corrected chi connectivity index (χ2v) is 6.69. The molecule has 2 atom stereocenters. The SMILES string of the molecule is CCCNCCCC1CCOC2(CCSC2)C1. The van der Waals surface area contributed by atoms with Crippen LogP contribution in [0.15, 0.2) is 0 Å². The van der Waals surface area contributed by atoms with Crippen molar-refractivity contribution in [3.05, 3.63) is 0 Å². The van der Waals surface area contributed by atoms with Gasteiger partial charge in [-0.05, 0) is 63.3 Å². The molecule has 2 unspecified atom stereocenters. The number of nitrogens with one attached hydrogen (secondary N) is 1. The molecule has 0 bridgehead atoms. The summed E-state index contributed by atoms with van der Waals surface area (Å²) < 4.78 is 6.07. The number of hydrogen-bond acceptors (Lipinski definition) is 3. The van der Waals surface area contributed by atoms with Crippen LogP contribution < -0.4 is 5.32 Å². The summed E-state index contributed by atoms with van der Waals surface area (Å²) in [7, 11) is 0. The Morgan fingerprint density at radius 1 is 1.41 bits per heavy atom. The quantitative estimate of drug-likeness (QED) is 0.739. The van der Waals surface area contributed by atoms with Crippen LogP contribution in [0.4, 0.5) is 0 Å². The van der Waals surface area contributed by atoms with Crippen molar-refractivity contribution in [1.29, 1.82) is 0 Å². The zero-order valence-corrected chi connectivity index (χ0v) is 12.0. The van der Waals surface area contributed by atoms with E-state index < -0.39 is 0 Å². The topological polar surface area (TPSA) is 21.3 Å². The van der Waals surface area contributed by atoms with Gasteiger partial charge in [0.1, 0.15) is 0 Å². The number of thioether (sulfide) groups is 1. The number of hydrogen-bond donors (Lipinski definition) is 1. The fraction of sp³-hybridized carbons (Fsp3) is 1.00. The third-order valence-corrected chi connectivity index (χ3v) is 5.28. The molecule has 0 aromatic heterocycles. The first-order valence-corrected chi connectivity index (χ1v) is 8.42. The highest BCUT2D eigenvalue weighted by molar-refractivity contribution is 7.99. The van der Waals surface area contributed by atoms with Crippen LogP contribution in [0.25, 0.3) is 0 Å². The molecule has 0 aliphatic carbocycles. The lowest BCUT2D eigenvalue weighted by atomic mass is 9.83. The summed E-state index contributed by atoms with van der Waals surface area (Å²) in [6.45, 7) is 5.61. The molecule has 2 heterocycles. The van der Waals surface area contributed by atoms with Crippen molar-refractivity contribution < 1.29 is 4.74 Å². The third kappa shape index (κ3) is 4.15. The van der Waals surface area contributed by atoms with E-state index in [1.807, 2.05) is 0 Å². The van der Waals surface area contributed by atoms with Gasteiger partial charge in [0.15, 0.2) is 0 Å². The second-order valence-electron chi connectivity index (χ2n) is 5.59. The van der Waals surface area contributed by atoms with Gasteiger partial charge in [-0.15, -0.1) is 0 Å². The van der Waals surface area contributed by atoms with Crippen LogP contribution in [0.3, 0.4) is 0 Å². The number of rotatable bonds is 6. The summed E-state index contributed by atoms with van der Waals surface area (Å²) in [4.78, 5) is 0. The first kappa shape index (κ1) is 13.7. The van der Waals surface area contributed by atoms with Gasteiger partial charge in [0.25, 0.3) is 0 Å². The molecule has 2 fully saturated rings. The molecule has 0 aromatic rings. The van der Waals surface area contributed by atoms with Gasteiger partial charge in [-0.1, -0.05) is 6.92 Å². The first-order valence-electron chi connectivity index (χ1n) is 7.27. The van der Waals surface area contributed by atoms with E-state index in [2.05, 4.69) is 24.0 Å². The molecular weight excluding hydrogens is 230 g/mol. The van der Waals surface area contributed by atoms with Gasteiger partial charge in [-0.2, -0.15) is 11.8 Å². The molecule has 1 spiro atoms. The van der Waals surface area contributed by atoms with Gasteiger partial charge in [-0.3, -0.25) is 0 Å². The second kappa shape index (κ2) is 7.01. The van der Waals surface area contributed by atoms with E-state index in [1.54, 1.807) is 0 Å². The van der Waals surface area contributed by atoms with E-state index in [1.165, 1.54) is 63.1 Å². The molecule has 0 radical (unpaired) electrons. The summed E-state index contributed by atoms with van der Waals surface area (Å²) >= 11 is 2.08. The Labute approximate surface area is 110 Å². The van der Waals surface area contributed by atoms with Crippen molar-refractivity contribution in [3.63, 3.8) is 0 Å². The van der Waals surface area contributed by atoms with E-state index in [0.29, 0.717) is 0 Å². The monoisotopic (exact) mass is 257 g/mol. The van der Waals surface area contributed by atoms with Crippen LogP contribution in [-0.2, 0) is 4.74 Å². The maximum absolute atomic E-state index is 6.07. The van der Waals surface area contributed by atoms with Crippen molar-refractivity contribution in [3.8, 4) is 0 Å². The molecule has 3 heteroatoms. The minimum atomic E-state index is 0.282. The van der Waals surface area contributed by atoms with Crippen LogP contribution in [0.1, 0.15) is 45.4 Å². The molecule has 2 rings (SSSR count). The Balaban J connectivity index is 1.63. The van der Waals surface area contributed by atoms with Gasteiger partial charge in [0, 0.05) is 12.4 Å². The lowest BCUT2D eigenvalue weighted by molar-refractivity contribution is -0.0806. The first-order chi connectivity index (χ1) is 8.35. The van der Waals surface area contributed by atoms with Gasteiger partial charge >= 0.3 is 0 Å². The molecule has 2 saturated heterocycles. The maximum Gasteiger partial charge on any atom is 0.0783 e. The Kier molecular flexibility index (Phi) is 5.64. The van der Waals surface area contributed by atoms with Crippen molar-refractivity contribution >= 4 is 11.8 Å². The molecule has 0 amide bonds. The fourth-order valence-electron chi connectivity index (χ4n) is 3.06. The fourth-order valence-corrected chi connectivity index (χ4v) is 4.43. The summed E-state index contributed by atoms with van der Waals surface area (Å²) in [5, 5.41) is 3.50. The minimum absolute atomic E-state index is 0.282. The van der Waals surface area contributed by atoms with E-state index in [0.717, 1.165) is 12.5 Å². The van der Waals surface area contributed by atoms with Crippen molar-refractivity contribution in [2.45, 2.75) is 51.0 Å². The molecule has 2 nitrogen and oxygen atoms in total. The zero-order chi connectivity index (χ0) is 12.0. The third-order valence-electron chi connectivity index (χ3n) is 4.05. The van der Waals surface area contributed by atoms with Crippen LogP contribution in [0.5, 0.6) is 0 Å². The summed E-state index contributed by atoms with van der Waals surface area (Å²) in [6.07, 6.45) is 7.90. The highest BCUT2D eigenvalue weighted by atomic mass is 32.2. The Bertz CT molecular complexity index is 216. The van der Waals surface area contributed by atoms with Crippen LogP contribution in [-0.4, -0.2) is 36.8 Å². The van der Waals surface area contributed by atoms with E-state index in [9.17, 15) is 0 Å². The molecule has 2 aliphatic rings. The van der Waals surface area contributed by atoms with E-state index >= 15 is 0 Å². The highest BCUT2D eigenvalue weighted by Crippen LogP contribution is 2.41. The highest BCUT2D eigenvalue weighted by Gasteiger charge is 2.39. The standard InChI is InChI=1S/C14H27NOS/c1-2-7-15-8-3-4-13-5-9-16-14(11-13)6-10-17-12-14/h13,15H,2-12H2,1H3. The van der Waals surface area contributed by atoms with Gasteiger partial charge in [0.05, 0.1) is 5.60 Å². The smallest absolute Gasteiger partial charge is 0.0783 e. The number of ether oxygens (including phenoxy) is 1. The average molecular weight is 257 g/mol. The van der Waals surface area contributed by atoms with Gasteiger partial charge < -0.3 is 10.1 Å². The van der Waals surface area contributed by atoms with Crippen LogP contribution in [0, 0.1) is 5.92 Å². The van der Waals surface area contributed by atoms with Crippen LogP contribution >= 0.6 is 11.8 Å². The normalized spacial score (nSPS) is 33.4. The minimum Gasteiger partial charge on any atom is -0.374 e. The largest absolute Gasteiger partial charge is 0.374 e. The Hall–Kier alpha value is 0.270. The van der Waals surface area contributed by atoms with Crippen LogP contribution in [0.2, 0.25) is 0 Å². The molecular formula is C14H27NOS.